The van der Waals surface area contributed by atoms with E-state index in [2.05, 4.69) is 38.0 Å². The van der Waals surface area contributed by atoms with Gasteiger partial charge in [0.1, 0.15) is 0 Å². The molecular weight excluding hydrogens is 292 g/mol. The Kier molecular flexibility index (Phi) is 4.94. The first-order valence-corrected chi connectivity index (χ1v) is 8.36. The van der Waals surface area contributed by atoms with Crippen LogP contribution in [0.1, 0.15) is 5.56 Å². The standard InChI is InChI=1S/C17H20N4S/c1-18-16-6-2-4-15(14-16)5-3-8-20-9-11-21(12-10-20)17-19-7-13-22-17/h2,4,6-7,13-14,18H,8-12H2,1H3. The van der Waals surface area contributed by atoms with Crippen molar-refractivity contribution in [2.24, 2.45) is 0 Å². The van der Waals surface area contributed by atoms with Gasteiger partial charge in [0, 0.05) is 56.1 Å². The number of rotatable bonds is 3. The molecule has 0 radical (unpaired) electrons. The van der Waals surface area contributed by atoms with E-state index in [4.69, 9.17) is 0 Å². The smallest absolute Gasteiger partial charge is 0.185 e. The van der Waals surface area contributed by atoms with E-state index in [0.717, 1.165) is 49.1 Å². The maximum atomic E-state index is 4.38. The fourth-order valence-electron chi connectivity index (χ4n) is 2.48. The number of hydrogen-bond acceptors (Lipinski definition) is 5. The molecule has 0 spiro atoms. The summed E-state index contributed by atoms with van der Waals surface area (Å²) in [4.78, 5) is 9.13. The van der Waals surface area contributed by atoms with Crippen molar-refractivity contribution in [3.8, 4) is 11.8 Å². The first kappa shape index (κ1) is 14.9. The molecule has 3 rings (SSSR count). The summed E-state index contributed by atoms with van der Waals surface area (Å²) in [6.45, 7) is 4.99. The number of piperazine rings is 1. The molecule has 1 saturated heterocycles. The first-order valence-electron chi connectivity index (χ1n) is 7.48. The fraction of sp³-hybridized carbons (Fsp3) is 0.353. The van der Waals surface area contributed by atoms with Crippen molar-refractivity contribution in [1.29, 1.82) is 0 Å². The van der Waals surface area contributed by atoms with Gasteiger partial charge in [0.15, 0.2) is 5.13 Å². The summed E-state index contributed by atoms with van der Waals surface area (Å²) in [5.41, 5.74) is 2.16. The minimum Gasteiger partial charge on any atom is -0.388 e. The molecule has 1 fully saturated rings. The predicted molar refractivity (Wildman–Crippen MR) is 93.6 cm³/mol. The third kappa shape index (κ3) is 3.79. The molecule has 5 heteroatoms. The van der Waals surface area contributed by atoms with Crippen molar-refractivity contribution in [2.75, 3.05) is 50.0 Å². The lowest BCUT2D eigenvalue weighted by atomic mass is 10.2. The maximum absolute atomic E-state index is 4.38. The van der Waals surface area contributed by atoms with Gasteiger partial charge in [0.05, 0.1) is 6.54 Å². The van der Waals surface area contributed by atoms with Crippen molar-refractivity contribution >= 4 is 22.2 Å². The number of benzene rings is 1. The van der Waals surface area contributed by atoms with Crippen molar-refractivity contribution in [3.05, 3.63) is 41.4 Å². The number of nitrogens with one attached hydrogen (secondary N) is 1. The number of nitrogens with zero attached hydrogens (tertiary/aromatic N) is 3. The van der Waals surface area contributed by atoms with E-state index < -0.39 is 0 Å². The van der Waals surface area contributed by atoms with Crippen LogP contribution in [-0.2, 0) is 0 Å². The highest BCUT2D eigenvalue weighted by atomic mass is 32.1. The summed E-state index contributed by atoms with van der Waals surface area (Å²) >= 11 is 1.71. The van der Waals surface area contributed by atoms with Gasteiger partial charge in [-0.05, 0) is 18.2 Å². The predicted octanol–water partition coefficient (Wildman–Crippen LogP) is 2.36. The molecule has 0 saturated carbocycles. The molecule has 0 aliphatic carbocycles. The Morgan fingerprint density at radius 2 is 2.14 bits per heavy atom. The van der Waals surface area contributed by atoms with Crippen molar-refractivity contribution in [2.45, 2.75) is 0 Å². The van der Waals surface area contributed by atoms with Gasteiger partial charge in [-0.2, -0.15) is 0 Å². The number of thiazole rings is 1. The summed E-state index contributed by atoms with van der Waals surface area (Å²) in [6.07, 6.45) is 1.87. The third-order valence-electron chi connectivity index (χ3n) is 3.75. The molecule has 2 heterocycles. The quantitative estimate of drug-likeness (QED) is 0.882. The van der Waals surface area contributed by atoms with Crippen LogP contribution in [0.5, 0.6) is 0 Å². The van der Waals surface area contributed by atoms with Crippen LogP contribution in [0.2, 0.25) is 0 Å². The molecule has 0 bridgehead atoms. The minimum absolute atomic E-state index is 0.829. The summed E-state index contributed by atoms with van der Waals surface area (Å²) in [6, 6.07) is 8.20. The molecule has 1 aromatic carbocycles. The van der Waals surface area contributed by atoms with Crippen LogP contribution < -0.4 is 10.2 Å². The van der Waals surface area contributed by atoms with Gasteiger partial charge < -0.3 is 10.2 Å². The lowest BCUT2D eigenvalue weighted by molar-refractivity contribution is 0.288. The van der Waals surface area contributed by atoms with Crippen molar-refractivity contribution in [1.82, 2.24) is 9.88 Å². The zero-order valence-electron chi connectivity index (χ0n) is 12.7. The van der Waals surface area contributed by atoms with Gasteiger partial charge >= 0.3 is 0 Å². The first-order chi connectivity index (χ1) is 10.8. The molecule has 114 valence electrons. The normalized spacial score (nSPS) is 15.2. The fourth-order valence-corrected chi connectivity index (χ4v) is 3.17. The molecule has 1 aliphatic rings. The van der Waals surface area contributed by atoms with Gasteiger partial charge in [-0.1, -0.05) is 17.9 Å². The summed E-state index contributed by atoms with van der Waals surface area (Å²) in [7, 11) is 1.93. The highest BCUT2D eigenvalue weighted by molar-refractivity contribution is 7.13. The Bertz CT molecular complexity index is 649. The third-order valence-corrected chi connectivity index (χ3v) is 4.58. The second kappa shape index (κ2) is 7.30. The molecule has 22 heavy (non-hydrogen) atoms. The second-order valence-electron chi connectivity index (χ2n) is 5.21. The van der Waals surface area contributed by atoms with Gasteiger partial charge in [-0.25, -0.2) is 4.98 Å². The van der Waals surface area contributed by atoms with Crippen molar-refractivity contribution < 1.29 is 0 Å². The Morgan fingerprint density at radius 3 is 2.86 bits per heavy atom. The number of anilines is 2. The molecule has 2 aromatic rings. The van der Waals surface area contributed by atoms with E-state index in [1.807, 2.05) is 36.8 Å². The van der Waals surface area contributed by atoms with Crippen molar-refractivity contribution in [3.63, 3.8) is 0 Å². The average molecular weight is 312 g/mol. The SMILES string of the molecule is CNc1cccc(C#CCN2CCN(c3nccs3)CC2)c1. The average Bonchev–Trinajstić information content (AvgIpc) is 3.10. The van der Waals surface area contributed by atoms with Crippen LogP contribution in [0, 0.1) is 11.8 Å². The zero-order chi connectivity index (χ0) is 15.2. The molecule has 0 amide bonds. The molecule has 1 aliphatic heterocycles. The monoisotopic (exact) mass is 312 g/mol. The van der Waals surface area contributed by atoms with E-state index in [1.165, 1.54) is 0 Å². The molecule has 0 unspecified atom stereocenters. The molecule has 0 atom stereocenters. The molecular formula is C17H20N4S. The summed E-state index contributed by atoms with van der Waals surface area (Å²) in [5.74, 6) is 6.54. The van der Waals surface area contributed by atoms with Gasteiger partial charge in [-0.3, -0.25) is 4.90 Å². The number of hydrogen-bond donors (Lipinski definition) is 1. The molecule has 4 nitrogen and oxygen atoms in total. The van der Waals surface area contributed by atoms with Crippen LogP contribution in [-0.4, -0.2) is 49.7 Å². The van der Waals surface area contributed by atoms with Crippen LogP contribution in [0.4, 0.5) is 10.8 Å². The largest absolute Gasteiger partial charge is 0.388 e. The second-order valence-corrected chi connectivity index (χ2v) is 6.08. The lowest BCUT2D eigenvalue weighted by Gasteiger charge is -2.33. The van der Waals surface area contributed by atoms with Gasteiger partial charge in [-0.15, -0.1) is 11.3 Å². The Hall–Kier alpha value is -2.03. The minimum atomic E-state index is 0.829. The number of aromatic nitrogens is 1. The topological polar surface area (TPSA) is 31.4 Å². The van der Waals surface area contributed by atoms with Crippen LogP contribution in [0.25, 0.3) is 0 Å². The van der Waals surface area contributed by atoms with Crippen LogP contribution in [0.3, 0.4) is 0 Å². The van der Waals surface area contributed by atoms with Gasteiger partial charge in [0.25, 0.3) is 0 Å². The Labute approximate surface area is 135 Å². The van der Waals surface area contributed by atoms with Crippen LogP contribution >= 0.6 is 11.3 Å². The van der Waals surface area contributed by atoms with E-state index >= 15 is 0 Å². The van der Waals surface area contributed by atoms with E-state index in [9.17, 15) is 0 Å². The summed E-state index contributed by atoms with van der Waals surface area (Å²) < 4.78 is 0. The maximum Gasteiger partial charge on any atom is 0.185 e. The molecule has 1 N–H and O–H groups in total. The van der Waals surface area contributed by atoms with Gasteiger partial charge in [0.2, 0.25) is 0 Å². The molecule has 1 aromatic heterocycles. The van der Waals surface area contributed by atoms with E-state index in [-0.39, 0.29) is 0 Å². The summed E-state index contributed by atoms with van der Waals surface area (Å²) in [5, 5.41) is 6.30. The van der Waals surface area contributed by atoms with E-state index in [1.54, 1.807) is 11.3 Å². The zero-order valence-corrected chi connectivity index (χ0v) is 13.6. The highest BCUT2D eigenvalue weighted by Crippen LogP contribution is 2.18. The highest BCUT2D eigenvalue weighted by Gasteiger charge is 2.17. The Morgan fingerprint density at radius 1 is 1.27 bits per heavy atom. The van der Waals surface area contributed by atoms with E-state index in [0.29, 0.717) is 0 Å². The van der Waals surface area contributed by atoms with Crippen LogP contribution in [0.15, 0.2) is 35.8 Å². The Balaban J connectivity index is 1.50. The lowest BCUT2D eigenvalue weighted by Crippen LogP contribution is -2.46.